The molecule has 0 aliphatic rings. The molecule has 92 valence electrons. The first-order valence-electron chi connectivity index (χ1n) is 6.40. The van der Waals surface area contributed by atoms with Crippen LogP contribution >= 0.6 is 0 Å². The highest BCUT2D eigenvalue weighted by Gasteiger charge is 2.28. The second-order valence-electron chi connectivity index (χ2n) is 4.93. The highest BCUT2D eigenvalue weighted by atomic mass is 16.3. The van der Waals surface area contributed by atoms with Gasteiger partial charge in [0.2, 0.25) is 0 Å². The van der Waals surface area contributed by atoms with Crippen LogP contribution in [0.25, 0.3) is 0 Å². The minimum atomic E-state index is 0.111. The van der Waals surface area contributed by atoms with Crippen LogP contribution in [-0.2, 0) is 0 Å². The number of aliphatic hydroxyl groups excluding tert-OH is 1. The molecule has 0 saturated carbocycles. The zero-order chi connectivity index (χ0) is 11.9. The molecule has 0 heterocycles. The summed E-state index contributed by atoms with van der Waals surface area (Å²) in [6, 6.07) is 0.578. The van der Waals surface area contributed by atoms with Gasteiger partial charge in [0.25, 0.3) is 0 Å². The highest BCUT2D eigenvalue weighted by molar-refractivity contribution is 4.81. The Kier molecular flexibility index (Phi) is 7.20. The summed E-state index contributed by atoms with van der Waals surface area (Å²) in [5.41, 5.74) is 0.111. The monoisotopic (exact) mass is 215 g/mol. The van der Waals surface area contributed by atoms with E-state index < -0.39 is 0 Å². The molecule has 0 aliphatic heterocycles. The first-order valence-corrected chi connectivity index (χ1v) is 6.40. The van der Waals surface area contributed by atoms with Crippen LogP contribution in [0.2, 0.25) is 0 Å². The molecule has 0 fully saturated rings. The molecule has 0 aromatic heterocycles. The molecule has 0 radical (unpaired) electrons. The van der Waals surface area contributed by atoms with Crippen LogP contribution in [-0.4, -0.2) is 35.7 Å². The molecule has 1 N–H and O–H groups in total. The minimum Gasteiger partial charge on any atom is -0.396 e. The van der Waals surface area contributed by atoms with Crippen molar-refractivity contribution < 1.29 is 5.11 Å². The van der Waals surface area contributed by atoms with Crippen molar-refractivity contribution in [3.8, 4) is 0 Å². The third kappa shape index (κ3) is 4.52. The van der Waals surface area contributed by atoms with E-state index in [0.717, 1.165) is 25.9 Å². The van der Waals surface area contributed by atoms with Crippen molar-refractivity contribution in [1.29, 1.82) is 0 Å². The molecule has 0 aliphatic carbocycles. The van der Waals surface area contributed by atoms with E-state index in [1.165, 1.54) is 6.42 Å². The van der Waals surface area contributed by atoms with Crippen LogP contribution in [0.15, 0.2) is 0 Å². The van der Waals surface area contributed by atoms with Gasteiger partial charge in [-0.15, -0.1) is 0 Å². The fraction of sp³-hybridized carbons (Fsp3) is 1.00. The first-order chi connectivity index (χ1) is 7.05. The second-order valence-corrected chi connectivity index (χ2v) is 4.93. The molecule has 0 aromatic carbocycles. The zero-order valence-electron chi connectivity index (χ0n) is 11.2. The van der Waals surface area contributed by atoms with Crippen molar-refractivity contribution in [2.75, 3.05) is 19.7 Å². The Morgan fingerprint density at radius 3 is 1.93 bits per heavy atom. The molecule has 0 atom stereocenters. The van der Waals surface area contributed by atoms with Gasteiger partial charge in [-0.3, -0.25) is 0 Å². The van der Waals surface area contributed by atoms with E-state index in [4.69, 9.17) is 0 Å². The van der Waals surface area contributed by atoms with Gasteiger partial charge in [0.15, 0.2) is 0 Å². The first kappa shape index (κ1) is 14.9. The average molecular weight is 215 g/mol. The van der Waals surface area contributed by atoms with Crippen molar-refractivity contribution in [3.05, 3.63) is 0 Å². The standard InChI is InChI=1S/C13H29NO/c1-6-9-14(12(4)5)10-13(7-2,8-3)11-15/h12,15H,6-11H2,1-5H3. The number of hydrogen-bond donors (Lipinski definition) is 1. The number of hydrogen-bond acceptors (Lipinski definition) is 2. The summed E-state index contributed by atoms with van der Waals surface area (Å²) in [5, 5.41) is 9.55. The van der Waals surface area contributed by atoms with E-state index in [9.17, 15) is 5.11 Å². The van der Waals surface area contributed by atoms with Gasteiger partial charge in [-0.25, -0.2) is 0 Å². The maximum atomic E-state index is 9.55. The van der Waals surface area contributed by atoms with Gasteiger partial charge in [0.05, 0.1) is 0 Å². The Morgan fingerprint density at radius 2 is 1.67 bits per heavy atom. The normalized spacial score (nSPS) is 12.8. The molecule has 0 bridgehead atoms. The molecule has 2 nitrogen and oxygen atoms in total. The van der Waals surface area contributed by atoms with Crippen LogP contribution in [0.5, 0.6) is 0 Å². The summed E-state index contributed by atoms with van der Waals surface area (Å²) in [4.78, 5) is 2.49. The minimum absolute atomic E-state index is 0.111. The Morgan fingerprint density at radius 1 is 1.13 bits per heavy atom. The predicted molar refractivity (Wildman–Crippen MR) is 67.1 cm³/mol. The molecule has 0 aromatic rings. The lowest BCUT2D eigenvalue weighted by Gasteiger charge is -2.37. The highest BCUT2D eigenvalue weighted by Crippen LogP contribution is 2.27. The number of rotatable bonds is 8. The lowest BCUT2D eigenvalue weighted by atomic mass is 9.82. The average Bonchev–Trinajstić information content (AvgIpc) is 2.24. The summed E-state index contributed by atoms with van der Waals surface area (Å²) in [6.07, 6.45) is 3.31. The topological polar surface area (TPSA) is 23.5 Å². The van der Waals surface area contributed by atoms with Gasteiger partial charge in [0, 0.05) is 24.6 Å². The number of aliphatic hydroxyl groups is 1. The molecule has 15 heavy (non-hydrogen) atoms. The smallest absolute Gasteiger partial charge is 0.0499 e. The summed E-state index contributed by atoms with van der Waals surface area (Å²) in [5.74, 6) is 0. The summed E-state index contributed by atoms with van der Waals surface area (Å²) in [7, 11) is 0. The van der Waals surface area contributed by atoms with E-state index in [2.05, 4.69) is 39.5 Å². The van der Waals surface area contributed by atoms with Crippen LogP contribution in [0.4, 0.5) is 0 Å². The van der Waals surface area contributed by atoms with E-state index in [0.29, 0.717) is 12.6 Å². The molecular formula is C13H29NO. The van der Waals surface area contributed by atoms with Crippen LogP contribution < -0.4 is 0 Å². The second kappa shape index (κ2) is 7.24. The Bertz CT molecular complexity index is 144. The van der Waals surface area contributed by atoms with Crippen LogP contribution in [0.3, 0.4) is 0 Å². The van der Waals surface area contributed by atoms with Crippen molar-refractivity contribution in [2.45, 2.75) is 59.9 Å². The van der Waals surface area contributed by atoms with Crippen LogP contribution in [0, 0.1) is 5.41 Å². The summed E-state index contributed by atoms with van der Waals surface area (Å²) < 4.78 is 0. The molecule has 0 saturated heterocycles. The van der Waals surface area contributed by atoms with E-state index in [-0.39, 0.29) is 5.41 Å². The number of nitrogens with zero attached hydrogens (tertiary/aromatic N) is 1. The summed E-state index contributed by atoms with van der Waals surface area (Å²) >= 11 is 0. The van der Waals surface area contributed by atoms with Crippen molar-refractivity contribution in [2.24, 2.45) is 5.41 Å². The third-order valence-electron chi connectivity index (χ3n) is 3.62. The SMILES string of the molecule is CCCN(CC(CC)(CC)CO)C(C)C. The molecule has 0 rings (SSSR count). The third-order valence-corrected chi connectivity index (χ3v) is 3.62. The lowest BCUT2D eigenvalue weighted by Crippen LogP contribution is -2.43. The maximum absolute atomic E-state index is 9.55. The van der Waals surface area contributed by atoms with E-state index >= 15 is 0 Å². The van der Waals surface area contributed by atoms with E-state index in [1.807, 2.05) is 0 Å². The fourth-order valence-corrected chi connectivity index (χ4v) is 1.99. The largest absolute Gasteiger partial charge is 0.396 e. The zero-order valence-corrected chi connectivity index (χ0v) is 11.2. The Balaban J connectivity index is 4.45. The fourth-order valence-electron chi connectivity index (χ4n) is 1.99. The Labute approximate surface area is 95.7 Å². The van der Waals surface area contributed by atoms with Gasteiger partial charge < -0.3 is 10.0 Å². The van der Waals surface area contributed by atoms with E-state index in [1.54, 1.807) is 0 Å². The molecule has 2 heteroatoms. The van der Waals surface area contributed by atoms with Crippen molar-refractivity contribution >= 4 is 0 Å². The molecule has 0 amide bonds. The van der Waals surface area contributed by atoms with Gasteiger partial charge in [0.1, 0.15) is 0 Å². The lowest BCUT2D eigenvalue weighted by molar-refractivity contribution is 0.0531. The summed E-state index contributed by atoms with van der Waals surface area (Å²) in [6.45, 7) is 13.5. The van der Waals surface area contributed by atoms with Crippen molar-refractivity contribution in [1.82, 2.24) is 4.90 Å². The molecule has 0 unspecified atom stereocenters. The molecule has 0 spiro atoms. The van der Waals surface area contributed by atoms with Gasteiger partial charge in [-0.2, -0.15) is 0 Å². The Hall–Kier alpha value is -0.0800. The molecular weight excluding hydrogens is 186 g/mol. The van der Waals surface area contributed by atoms with Crippen LogP contribution in [0.1, 0.15) is 53.9 Å². The maximum Gasteiger partial charge on any atom is 0.0499 e. The predicted octanol–water partition coefficient (Wildman–Crippen LogP) is 2.91. The van der Waals surface area contributed by atoms with Gasteiger partial charge >= 0.3 is 0 Å². The van der Waals surface area contributed by atoms with Gasteiger partial charge in [-0.1, -0.05) is 20.8 Å². The van der Waals surface area contributed by atoms with Crippen molar-refractivity contribution in [3.63, 3.8) is 0 Å². The van der Waals surface area contributed by atoms with Gasteiger partial charge in [-0.05, 0) is 39.7 Å². The quantitative estimate of drug-likeness (QED) is 0.673.